The SMILES string of the molecule is NNC(=O)c1cccc([SH](=O)=O)c1. The fourth-order valence-corrected chi connectivity index (χ4v) is 1.30. The molecule has 0 atom stereocenters. The van der Waals surface area contributed by atoms with Crippen LogP contribution in [0, 0.1) is 0 Å². The van der Waals surface area contributed by atoms with Gasteiger partial charge >= 0.3 is 0 Å². The van der Waals surface area contributed by atoms with E-state index >= 15 is 0 Å². The Hall–Kier alpha value is -1.40. The Bertz CT molecular complexity index is 392. The molecule has 0 heterocycles. The Morgan fingerprint density at radius 1 is 1.38 bits per heavy atom. The van der Waals surface area contributed by atoms with Gasteiger partial charge in [0.1, 0.15) is 0 Å². The molecule has 5 nitrogen and oxygen atoms in total. The number of nitrogen functional groups attached to an aromatic ring is 1. The summed E-state index contributed by atoms with van der Waals surface area (Å²) in [4.78, 5) is 11.0. The number of hydrogen-bond acceptors (Lipinski definition) is 4. The Morgan fingerprint density at radius 2 is 2.08 bits per heavy atom. The van der Waals surface area contributed by atoms with Gasteiger partial charge < -0.3 is 0 Å². The van der Waals surface area contributed by atoms with Crippen molar-refractivity contribution in [2.75, 3.05) is 0 Å². The van der Waals surface area contributed by atoms with Crippen molar-refractivity contribution in [3.8, 4) is 0 Å². The standard InChI is InChI=1S/C7H8N2O3S/c8-9-7(10)5-2-1-3-6(4-5)13(11)12/h1-4,13H,8H2,(H,9,10). The number of nitrogens with two attached hydrogens (primary N) is 1. The molecule has 6 heteroatoms. The third-order valence-corrected chi connectivity index (χ3v) is 2.15. The summed E-state index contributed by atoms with van der Waals surface area (Å²) in [6, 6.07) is 5.61. The van der Waals surface area contributed by atoms with E-state index in [0.717, 1.165) is 0 Å². The molecule has 0 radical (unpaired) electrons. The van der Waals surface area contributed by atoms with E-state index in [9.17, 15) is 13.2 Å². The first kappa shape index (κ1) is 9.69. The van der Waals surface area contributed by atoms with Gasteiger partial charge in [0.2, 0.25) is 0 Å². The van der Waals surface area contributed by atoms with Gasteiger partial charge in [-0.15, -0.1) is 0 Å². The number of rotatable bonds is 2. The number of carbonyl (C=O) groups is 1. The normalized spacial score (nSPS) is 10.0. The first-order chi connectivity index (χ1) is 6.15. The zero-order valence-electron chi connectivity index (χ0n) is 6.56. The minimum atomic E-state index is -2.66. The van der Waals surface area contributed by atoms with Gasteiger partial charge in [0, 0.05) is 5.56 Å². The fourth-order valence-electron chi connectivity index (χ4n) is 0.844. The molecule has 0 aliphatic heterocycles. The van der Waals surface area contributed by atoms with Crippen LogP contribution < -0.4 is 11.3 Å². The summed E-state index contributed by atoms with van der Waals surface area (Å²) in [5, 5.41) is 0. The molecule has 1 rings (SSSR count). The number of amides is 1. The molecule has 13 heavy (non-hydrogen) atoms. The highest BCUT2D eigenvalue weighted by atomic mass is 32.2. The zero-order chi connectivity index (χ0) is 9.84. The van der Waals surface area contributed by atoms with Crippen molar-refractivity contribution in [2.24, 2.45) is 5.84 Å². The lowest BCUT2D eigenvalue weighted by Gasteiger charge is -1.98. The number of carbonyl (C=O) groups excluding carboxylic acids is 1. The monoisotopic (exact) mass is 200 g/mol. The Kier molecular flexibility index (Phi) is 2.99. The maximum atomic E-state index is 11.0. The molecule has 3 N–H and O–H groups in total. The summed E-state index contributed by atoms with van der Waals surface area (Å²) in [6.45, 7) is 0. The number of benzene rings is 1. The highest BCUT2D eigenvalue weighted by molar-refractivity contribution is 7.72. The predicted octanol–water partition coefficient (Wildman–Crippen LogP) is -0.740. The summed E-state index contributed by atoms with van der Waals surface area (Å²) in [6.07, 6.45) is 0. The average Bonchev–Trinajstić information content (AvgIpc) is 2.17. The molecule has 0 aliphatic rings. The van der Waals surface area contributed by atoms with Gasteiger partial charge in [0.15, 0.2) is 10.7 Å². The first-order valence-electron chi connectivity index (χ1n) is 3.40. The molecule has 0 aromatic heterocycles. The van der Waals surface area contributed by atoms with Crippen molar-refractivity contribution in [3.63, 3.8) is 0 Å². The van der Waals surface area contributed by atoms with Crippen molar-refractivity contribution in [1.29, 1.82) is 0 Å². The van der Waals surface area contributed by atoms with Gasteiger partial charge in [-0.1, -0.05) is 6.07 Å². The number of hydrazine groups is 1. The molecule has 0 unspecified atom stereocenters. The van der Waals surface area contributed by atoms with Crippen molar-refractivity contribution in [1.82, 2.24) is 5.43 Å². The second-order valence-electron chi connectivity index (χ2n) is 2.28. The van der Waals surface area contributed by atoms with Crippen LogP contribution in [0.5, 0.6) is 0 Å². The highest BCUT2D eigenvalue weighted by Gasteiger charge is 2.04. The van der Waals surface area contributed by atoms with Crippen LogP contribution in [-0.4, -0.2) is 14.3 Å². The van der Waals surface area contributed by atoms with E-state index in [1.165, 1.54) is 24.3 Å². The molecule has 1 amide bonds. The molecule has 0 aliphatic carbocycles. The van der Waals surface area contributed by atoms with Gasteiger partial charge in [0.05, 0.1) is 4.90 Å². The van der Waals surface area contributed by atoms with E-state index < -0.39 is 16.6 Å². The van der Waals surface area contributed by atoms with Crippen LogP contribution in [-0.2, 0) is 10.7 Å². The molecule has 1 aromatic carbocycles. The van der Waals surface area contributed by atoms with Gasteiger partial charge in [0.25, 0.3) is 5.91 Å². The highest BCUT2D eigenvalue weighted by Crippen LogP contribution is 2.05. The maximum absolute atomic E-state index is 11.0. The molecule has 0 spiro atoms. The van der Waals surface area contributed by atoms with Crippen LogP contribution in [0.4, 0.5) is 0 Å². The predicted molar refractivity (Wildman–Crippen MR) is 46.7 cm³/mol. The minimum absolute atomic E-state index is 0.0936. The molecular formula is C7H8N2O3S. The quantitative estimate of drug-likeness (QED) is 0.254. The summed E-state index contributed by atoms with van der Waals surface area (Å²) in [7, 11) is -2.66. The summed E-state index contributed by atoms with van der Waals surface area (Å²) >= 11 is 0. The smallest absolute Gasteiger partial charge is 0.265 e. The fraction of sp³-hybridized carbons (Fsp3) is 0. The third-order valence-electron chi connectivity index (χ3n) is 1.45. The lowest BCUT2D eigenvalue weighted by Crippen LogP contribution is -2.29. The summed E-state index contributed by atoms with van der Waals surface area (Å²) < 4.78 is 21.1. The minimum Gasteiger partial charge on any atom is -0.290 e. The van der Waals surface area contributed by atoms with Crippen molar-refractivity contribution in [2.45, 2.75) is 4.90 Å². The van der Waals surface area contributed by atoms with Crippen LogP contribution in [0.2, 0.25) is 0 Å². The third kappa shape index (κ3) is 2.27. The molecule has 0 saturated heterocycles. The lowest BCUT2D eigenvalue weighted by atomic mass is 10.2. The lowest BCUT2D eigenvalue weighted by molar-refractivity contribution is 0.0953. The molecular weight excluding hydrogens is 192 g/mol. The van der Waals surface area contributed by atoms with Crippen molar-refractivity contribution >= 4 is 16.6 Å². The van der Waals surface area contributed by atoms with Crippen LogP contribution >= 0.6 is 0 Å². The topological polar surface area (TPSA) is 89.3 Å². The number of nitrogens with one attached hydrogen (secondary N) is 1. The average molecular weight is 200 g/mol. The van der Waals surface area contributed by atoms with E-state index in [4.69, 9.17) is 5.84 Å². The molecule has 0 fully saturated rings. The first-order valence-corrected chi connectivity index (χ1v) is 4.58. The zero-order valence-corrected chi connectivity index (χ0v) is 7.45. The van der Waals surface area contributed by atoms with E-state index in [0.29, 0.717) is 0 Å². The molecule has 70 valence electrons. The van der Waals surface area contributed by atoms with E-state index in [1.807, 2.05) is 5.43 Å². The van der Waals surface area contributed by atoms with E-state index in [1.54, 1.807) is 0 Å². The summed E-state index contributed by atoms with van der Waals surface area (Å²) in [5.41, 5.74) is 2.13. The van der Waals surface area contributed by atoms with Crippen LogP contribution in [0.1, 0.15) is 10.4 Å². The van der Waals surface area contributed by atoms with Crippen LogP contribution in [0.15, 0.2) is 29.2 Å². The van der Waals surface area contributed by atoms with Crippen molar-refractivity contribution in [3.05, 3.63) is 29.8 Å². The van der Waals surface area contributed by atoms with Crippen LogP contribution in [0.3, 0.4) is 0 Å². The van der Waals surface area contributed by atoms with Crippen molar-refractivity contribution < 1.29 is 13.2 Å². The van der Waals surface area contributed by atoms with Gasteiger partial charge in [-0.2, -0.15) is 0 Å². The number of thiol groups is 1. The number of hydrogen-bond donors (Lipinski definition) is 3. The largest absolute Gasteiger partial charge is 0.290 e. The van der Waals surface area contributed by atoms with Gasteiger partial charge in [-0.25, -0.2) is 14.3 Å². The molecule has 1 aromatic rings. The Morgan fingerprint density at radius 3 is 2.62 bits per heavy atom. The molecule has 0 saturated carbocycles. The summed E-state index contributed by atoms with van der Waals surface area (Å²) in [5.74, 6) is 4.36. The Labute approximate surface area is 76.5 Å². The van der Waals surface area contributed by atoms with Gasteiger partial charge in [-0.05, 0) is 18.2 Å². The van der Waals surface area contributed by atoms with E-state index in [-0.39, 0.29) is 10.5 Å². The van der Waals surface area contributed by atoms with Crippen LogP contribution in [0.25, 0.3) is 0 Å². The molecule has 0 bridgehead atoms. The maximum Gasteiger partial charge on any atom is 0.265 e. The Balaban J connectivity index is 3.12. The van der Waals surface area contributed by atoms with E-state index in [2.05, 4.69) is 0 Å². The van der Waals surface area contributed by atoms with Gasteiger partial charge in [-0.3, -0.25) is 10.2 Å². The second kappa shape index (κ2) is 4.01. The second-order valence-corrected chi connectivity index (χ2v) is 3.31.